The molecular formula is C16H23ClN2O3. The fraction of sp³-hybridized carbons (Fsp3) is 0.438. The molecule has 1 aromatic heterocycles. The summed E-state index contributed by atoms with van der Waals surface area (Å²) >= 11 is 0. The van der Waals surface area contributed by atoms with Crippen molar-refractivity contribution in [3.8, 4) is 0 Å². The van der Waals surface area contributed by atoms with Crippen LogP contribution in [0, 0.1) is 0 Å². The molecule has 0 aliphatic carbocycles. The third kappa shape index (κ3) is 4.47. The molecule has 0 saturated heterocycles. The fourth-order valence-electron chi connectivity index (χ4n) is 2.22. The average Bonchev–Trinajstić information content (AvgIpc) is 2.86. The van der Waals surface area contributed by atoms with Crippen LogP contribution in [-0.2, 0) is 11.3 Å². The largest absolute Gasteiger partial charge is 0.451 e. The van der Waals surface area contributed by atoms with Gasteiger partial charge in [0.05, 0.1) is 6.61 Å². The van der Waals surface area contributed by atoms with Gasteiger partial charge >= 0.3 is 0 Å². The molecule has 22 heavy (non-hydrogen) atoms. The van der Waals surface area contributed by atoms with Gasteiger partial charge < -0.3 is 19.8 Å². The van der Waals surface area contributed by atoms with Crippen LogP contribution in [0.5, 0.6) is 0 Å². The van der Waals surface area contributed by atoms with Crippen LogP contribution in [-0.4, -0.2) is 32.7 Å². The smallest absolute Gasteiger partial charge is 0.287 e. The quantitative estimate of drug-likeness (QED) is 0.732. The molecule has 0 saturated carbocycles. The Hall–Kier alpha value is -1.56. The van der Waals surface area contributed by atoms with Gasteiger partial charge in [-0.25, -0.2) is 0 Å². The monoisotopic (exact) mass is 326 g/mol. The van der Waals surface area contributed by atoms with Gasteiger partial charge in [-0.15, -0.1) is 12.4 Å². The molecule has 2 rings (SSSR count). The first-order chi connectivity index (χ1) is 10.3. The Bertz CT molecular complexity index is 598. The topological polar surface area (TPSA) is 63.5 Å². The normalized spacial score (nSPS) is 10.5. The molecule has 0 aliphatic heterocycles. The van der Waals surface area contributed by atoms with E-state index in [0.717, 1.165) is 30.5 Å². The summed E-state index contributed by atoms with van der Waals surface area (Å²) in [5, 5.41) is 7.03. The summed E-state index contributed by atoms with van der Waals surface area (Å²) in [4.78, 5) is 12.3. The number of carbonyl (C=O) groups is 1. The second-order valence-corrected chi connectivity index (χ2v) is 4.84. The lowest BCUT2D eigenvalue weighted by atomic mass is 10.1. The van der Waals surface area contributed by atoms with Crippen molar-refractivity contribution in [2.45, 2.75) is 20.0 Å². The summed E-state index contributed by atoms with van der Waals surface area (Å²) in [5.74, 6) is 0.144. The molecule has 2 N–H and O–H groups in total. The molecule has 1 aromatic carbocycles. The number of hydrogen-bond acceptors (Lipinski definition) is 4. The number of benzene rings is 1. The van der Waals surface area contributed by atoms with E-state index in [4.69, 9.17) is 9.15 Å². The van der Waals surface area contributed by atoms with Crippen molar-refractivity contribution in [1.82, 2.24) is 10.6 Å². The fourth-order valence-corrected chi connectivity index (χ4v) is 2.22. The summed E-state index contributed by atoms with van der Waals surface area (Å²) in [7, 11) is 1.61. The highest BCUT2D eigenvalue weighted by Crippen LogP contribution is 2.26. The maximum Gasteiger partial charge on any atom is 0.287 e. The van der Waals surface area contributed by atoms with Crippen LogP contribution in [0.4, 0.5) is 0 Å². The van der Waals surface area contributed by atoms with Crippen LogP contribution in [0.3, 0.4) is 0 Å². The molecule has 2 aromatic rings. The third-order valence-electron chi connectivity index (χ3n) is 3.21. The number of amides is 1. The van der Waals surface area contributed by atoms with E-state index < -0.39 is 0 Å². The van der Waals surface area contributed by atoms with E-state index in [1.807, 2.05) is 24.3 Å². The molecule has 5 nitrogen and oxygen atoms in total. The summed E-state index contributed by atoms with van der Waals surface area (Å²) in [5.41, 5.74) is 1.51. The SMILES string of the molecule is CCCNCCNC(=O)c1oc2ccccc2c1COC.Cl. The van der Waals surface area contributed by atoms with Crippen LogP contribution in [0.1, 0.15) is 29.5 Å². The average molecular weight is 327 g/mol. The van der Waals surface area contributed by atoms with Crippen molar-refractivity contribution in [1.29, 1.82) is 0 Å². The molecule has 0 bridgehead atoms. The number of halogens is 1. The van der Waals surface area contributed by atoms with Crippen LogP contribution in [0.25, 0.3) is 11.0 Å². The molecule has 1 heterocycles. The zero-order valence-electron chi connectivity index (χ0n) is 13.0. The van der Waals surface area contributed by atoms with Gasteiger partial charge in [0.1, 0.15) is 5.58 Å². The van der Waals surface area contributed by atoms with Gasteiger partial charge in [-0.2, -0.15) is 0 Å². The number of methoxy groups -OCH3 is 1. The minimum atomic E-state index is -0.198. The Morgan fingerprint density at radius 2 is 2.00 bits per heavy atom. The van der Waals surface area contributed by atoms with E-state index >= 15 is 0 Å². The summed E-state index contributed by atoms with van der Waals surface area (Å²) in [6, 6.07) is 7.60. The van der Waals surface area contributed by atoms with Gasteiger partial charge in [0.2, 0.25) is 0 Å². The Morgan fingerprint density at radius 1 is 1.23 bits per heavy atom. The summed E-state index contributed by atoms with van der Waals surface area (Å²) in [6.45, 7) is 4.74. The summed E-state index contributed by atoms with van der Waals surface area (Å²) in [6.07, 6.45) is 1.08. The van der Waals surface area contributed by atoms with Crippen LogP contribution < -0.4 is 10.6 Å². The number of furan rings is 1. The number of rotatable bonds is 8. The number of hydrogen-bond donors (Lipinski definition) is 2. The molecule has 0 atom stereocenters. The lowest BCUT2D eigenvalue weighted by Gasteiger charge is -2.06. The van der Waals surface area contributed by atoms with Gasteiger partial charge in [-0.05, 0) is 19.0 Å². The molecule has 6 heteroatoms. The number of ether oxygens (including phenoxy) is 1. The van der Waals surface area contributed by atoms with E-state index in [9.17, 15) is 4.79 Å². The molecule has 1 amide bonds. The molecular weight excluding hydrogens is 304 g/mol. The maximum atomic E-state index is 12.3. The zero-order valence-corrected chi connectivity index (χ0v) is 13.8. The lowest BCUT2D eigenvalue weighted by Crippen LogP contribution is -2.32. The second-order valence-electron chi connectivity index (χ2n) is 4.84. The van der Waals surface area contributed by atoms with E-state index in [1.165, 1.54) is 0 Å². The second kappa shape index (κ2) is 9.46. The highest BCUT2D eigenvalue weighted by molar-refractivity contribution is 5.99. The Morgan fingerprint density at radius 3 is 2.73 bits per heavy atom. The van der Waals surface area contributed by atoms with Gasteiger partial charge in [0.15, 0.2) is 5.76 Å². The predicted molar refractivity (Wildman–Crippen MR) is 89.7 cm³/mol. The van der Waals surface area contributed by atoms with Crippen molar-refractivity contribution in [2.75, 3.05) is 26.7 Å². The van der Waals surface area contributed by atoms with Gasteiger partial charge in [-0.3, -0.25) is 4.79 Å². The molecule has 0 fully saturated rings. The van der Waals surface area contributed by atoms with Crippen molar-refractivity contribution in [3.05, 3.63) is 35.6 Å². The van der Waals surface area contributed by atoms with E-state index in [0.29, 0.717) is 24.5 Å². The molecule has 122 valence electrons. The molecule has 0 spiro atoms. The Labute approximate surface area is 136 Å². The van der Waals surface area contributed by atoms with E-state index in [2.05, 4.69) is 17.6 Å². The Kier molecular flexibility index (Phi) is 7.95. The van der Waals surface area contributed by atoms with Crippen molar-refractivity contribution in [2.24, 2.45) is 0 Å². The molecule has 0 aliphatic rings. The van der Waals surface area contributed by atoms with Crippen molar-refractivity contribution in [3.63, 3.8) is 0 Å². The van der Waals surface area contributed by atoms with Gasteiger partial charge in [0, 0.05) is 31.1 Å². The zero-order chi connectivity index (χ0) is 15.1. The predicted octanol–water partition coefficient (Wildman–Crippen LogP) is 2.73. The Balaban J connectivity index is 0.00000242. The van der Waals surface area contributed by atoms with Gasteiger partial charge in [-0.1, -0.05) is 25.1 Å². The lowest BCUT2D eigenvalue weighted by molar-refractivity contribution is 0.0922. The maximum absolute atomic E-state index is 12.3. The van der Waals surface area contributed by atoms with Crippen LogP contribution in [0.15, 0.2) is 28.7 Å². The van der Waals surface area contributed by atoms with Crippen LogP contribution >= 0.6 is 12.4 Å². The van der Waals surface area contributed by atoms with Crippen molar-refractivity contribution >= 4 is 29.3 Å². The first-order valence-electron chi connectivity index (χ1n) is 7.26. The number of carbonyl (C=O) groups excluding carboxylic acids is 1. The van der Waals surface area contributed by atoms with E-state index in [1.54, 1.807) is 7.11 Å². The number of nitrogens with one attached hydrogen (secondary N) is 2. The van der Waals surface area contributed by atoms with Gasteiger partial charge in [0.25, 0.3) is 5.91 Å². The first kappa shape index (κ1) is 18.5. The molecule has 0 unspecified atom stereocenters. The minimum Gasteiger partial charge on any atom is -0.451 e. The molecule has 0 radical (unpaired) electrons. The minimum absolute atomic E-state index is 0. The number of para-hydroxylation sites is 1. The number of fused-ring (bicyclic) bond motifs is 1. The van der Waals surface area contributed by atoms with Crippen LogP contribution in [0.2, 0.25) is 0 Å². The summed E-state index contributed by atoms with van der Waals surface area (Å²) < 4.78 is 10.9. The standard InChI is InChI=1S/C16H22N2O3.ClH/c1-3-8-17-9-10-18-16(19)15-13(11-20-2)12-6-4-5-7-14(12)21-15;/h4-7,17H,3,8-11H2,1-2H3,(H,18,19);1H. The third-order valence-corrected chi connectivity index (χ3v) is 3.21. The van der Waals surface area contributed by atoms with Crippen molar-refractivity contribution < 1.29 is 13.9 Å². The highest BCUT2D eigenvalue weighted by atomic mass is 35.5. The first-order valence-corrected chi connectivity index (χ1v) is 7.26. The highest BCUT2D eigenvalue weighted by Gasteiger charge is 2.19. The van der Waals surface area contributed by atoms with E-state index in [-0.39, 0.29) is 18.3 Å².